The largest absolute Gasteiger partial charge is 0.488 e. The van der Waals surface area contributed by atoms with E-state index < -0.39 is 5.82 Å². The molecule has 0 atom stereocenters. The van der Waals surface area contributed by atoms with E-state index in [2.05, 4.69) is 27.3 Å². The molecule has 0 amide bonds. The first-order valence-corrected chi connectivity index (χ1v) is 12.0. The minimum Gasteiger partial charge on any atom is -0.488 e. The molecule has 6 rings (SSSR count). The summed E-state index contributed by atoms with van der Waals surface area (Å²) >= 11 is 0. The van der Waals surface area contributed by atoms with E-state index in [1.54, 1.807) is 12.1 Å². The molecule has 3 heterocycles. The highest BCUT2D eigenvalue weighted by Gasteiger charge is 2.23. The average molecular weight is 499 g/mol. The van der Waals surface area contributed by atoms with E-state index in [1.165, 1.54) is 24.3 Å². The molecule has 0 bridgehead atoms. The smallest absolute Gasteiger partial charge is 0.293 e. The van der Waals surface area contributed by atoms with Crippen molar-refractivity contribution in [1.82, 2.24) is 14.6 Å². The molecule has 2 aliphatic rings. The van der Waals surface area contributed by atoms with Crippen LogP contribution in [-0.2, 0) is 6.61 Å². The van der Waals surface area contributed by atoms with Gasteiger partial charge in [0.05, 0.1) is 11.0 Å². The van der Waals surface area contributed by atoms with Gasteiger partial charge in [0.2, 0.25) is 0 Å². The van der Waals surface area contributed by atoms with Crippen LogP contribution in [0.15, 0.2) is 54.6 Å². The summed E-state index contributed by atoms with van der Waals surface area (Å²) < 4.78 is 35.9. The number of imidazole rings is 1. The fourth-order valence-corrected chi connectivity index (χ4v) is 4.98. The molecule has 37 heavy (non-hydrogen) atoms. The SMILES string of the molecule is [C-]#[N+]Nc1nc2cc(/C=C3\c4ccc(F)cc4COc4cc(F)ccc43)ccc2n1N1CCN(C)CC1. The Bertz CT molecular complexity index is 1520. The van der Waals surface area contributed by atoms with Gasteiger partial charge in [0.15, 0.2) is 0 Å². The van der Waals surface area contributed by atoms with Crippen LogP contribution in [0, 0.1) is 18.2 Å². The molecule has 9 heteroatoms. The Kier molecular flexibility index (Phi) is 5.74. The second-order valence-corrected chi connectivity index (χ2v) is 9.26. The van der Waals surface area contributed by atoms with Gasteiger partial charge in [0.1, 0.15) is 24.0 Å². The number of rotatable bonds is 3. The minimum absolute atomic E-state index is 0.140. The van der Waals surface area contributed by atoms with Crippen LogP contribution < -0.4 is 15.2 Å². The van der Waals surface area contributed by atoms with Crippen LogP contribution in [0.5, 0.6) is 5.75 Å². The molecular formula is C28H24F2N6O. The number of ether oxygens (including phenoxy) is 1. The Morgan fingerprint density at radius 1 is 0.973 bits per heavy atom. The Morgan fingerprint density at radius 2 is 1.73 bits per heavy atom. The number of benzene rings is 3. The number of nitrogens with one attached hydrogen (secondary N) is 1. The number of piperazine rings is 1. The highest BCUT2D eigenvalue weighted by Crippen LogP contribution is 2.39. The molecule has 1 aromatic heterocycles. The topological polar surface area (TPSA) is 49.9 Å². The third kappa shape index (κ3) is 4.26. The molecule has 0 unspecified atom stereocenters. The number of nitrogens with zero attached hydrogens (tertiary/aromatic N) is 5. The lowest BCUT2D eigenvalue weighted by Gasteiger charge is -2.34. The van der Waals surface area contributed by atoms with Crippen molar-refractivity contribution in [3.63, 3.8) is 0 Å². The van der Waals surface area contributed by atoms with E-state index >= 15 is 0 Å². The number of likely N-dealkylation sites (N-methyl/N-ethyl adjacent to an activating group) is 1. The summed E-state index contributed by atoms with van der Waals surface area (Å²) in [6, 6.07) is 15.0. The van der Waals surface area contributed by atoms with Crippen molar-refractivity contribution < 1.29 is 13.5 Å². The van der Waals surface area contributed by atoms with Gasteiger partial charge in [-0.2, -0.15) is 11.5 Å². The zero-order chi connectivity index (χ0) is 25.5. The first-order valence-electron chi connectivity index (χ1n) is 12.0. The molecule has 4 aromatic rings. The molecule has 1 N–H and O–H groups in total. The second-order valence-electron chi connectivity index (χ2n) is 9.26. The zero-order valence-electron chi connectivity index (χ0n) is 20.2. The lowest BCUT2D eigenvalue weighted by molar-refractivity contribution is 0.290. The molecule has 0 aliphatic carbocycles. The highest BCUT2D eigenvalue weighted by atomic mass is 19.1. The third-order valence-corrected chi connectivity index (χ3v) is 6.86. The summed E-state index contributed by atoms with van der Waals surface area (Å²) in [5.41, 5.74) is 8.25. The van der Waals surface area contributed by atoms with E-state index in [0.29, 0.717) is 17.3 Å². The van der Waals surface area contributed by atoms with Crippen molar-refractivity contribution in [3.05, 3.63) is 100 Å². The van der Waals surface area contributed by atoms with Gasteiger partial charge < -0.3 is 14.6 Å². The molecule has 186 valence electrons. The Morgan fingerprint density at radius 3 is 2.51 bits per heavy atom. The van der Waals surface area contributed by atoms with Gasteiger partial charge in [-0.3, -0.25) is 0 Å². The van der Waals surface area contributed by atoms with Crippen LogP contribution in [-0.4, -0.2) is 47.8 Å². The summed E-state index contributed by atoms with van der Waals surface area (Å²) in [6.07, 6.45) is 1.98. The van der Waals surface area contributed by atoms with E-state index in [9.17, 15) is 8.78 Å². The van der Waals surface area contributed by atoms with Gasteiger partial charge in [0.25, 0.3) is 5.95 Å². The molecule has 1 saturated heterocycles. The Hall–Kier alpha value is -4.42. The van der Waals surface area contributed by atoms with Crippen molar-refractivity contribution in [2.75, 3.05) is 43.7 Å². The van der Waals surface area contributed by atoms with E-state index in [-0.39, 0.29) is 12.4 Å². The number of hydrogen-bond acceptors (Lipinski definition) is 5. The molecule has 0 radical (unpaired) electrons. The van der Waals surface area contributed by atoms with Crippen molar-refractivity contribution in [1.29, 1.82) is 0 Å². The van der Waals surface area contributed by atoms with Crippen LogP contribution in [0.25, 0.3) is 27.6 Å². The minimum atomic E-state index is -0.397. The normalized spacial score (nSPS) is 16.6. The molecule has 7 nitrogen and oxygen atoms in total. The van der Waals surface area contributed by atoms with E-state index in [0.717, 1.165) is 59.5 Å². The molecule has 0 saturated carbocycles. The van der Waals surface area contributed by atoms with Gasteiger partial charge >= 0.3 is 0 Å². The molecular weight excluding hydrogens is 474 g/mol. The fourth-order valence-electron chi connectivity index (χ4n) is 4.98. The van der Waals surface area contributed by atoms with E-state index in [4.69, 9.17) is 16.3 Å². The predicted octanol–water partition coefficient (Wildman–Crippen LogP) is 4.93. The summed E-state index contributed by atoms with van der Waals surface area (Å²) in [6.45, 7) is 10.9. The zero-order valence-corrected chi connectivity index (χ0v) is 20.2. The van der Waals surface area contributed by atoms with Gasteiger partial charge in [-0.15, -0.1) is 0 Å². The number of halogens is 2. The van der Waals surface area contributed by atoms with Crippen molar-refractivity contribution in [2.45, 2.75) is 6.61 Å². The van der Waals surface area contributed by atoms with Gasteiger partial charge in [-0.1, -0.05) is 17.6 Å². The van der Waals surface area contributed by atoms with Crippen molar-refractivity contribution in [3.8, 4) is 5.75 Å². The van der Waals surface area contributed by atoms with Crippen molar-refractivity contribution >= 4 is 28.6 Å². The van der Waals surface area contributed by atoms with Crippen LogP contribution in [0.4, 0.5) is 14.7 Å². The number of fused-ring (bicyclic) bond motifs is 3. The standard InChI is InChI=1S/C28H24F2N6O/c1-31-33-28-32-25-14-18(3-8-26(25)36(28)35-11-9-34(2)10-12-35)13-24-22-6-4-20(29)15-19(22)17-37-27-16-21(30)5-7-23(24)27/h3-8,13-16H,9-12,17H2,2H3,(H,32,33)/b24-13+. The number of aromatic nitrogens is 2. The van der Waals surface area contributed by atoms with Gasteiger partial charge in [-0.25, -0.2) is 18.4 Å². The quantitative estimate of drug-likeness (QED) is 0.321. The molecule has 2 aliphatic heterocycles. The number of hydrogen-bond donors (Lipinski definition) is 1. The fraction of sp³-hybridized carbons (Fsp3) is 0.214. The highest BCUT2D eigenvalue weighted by molar-refractivity contribution is 5.96. The lowest BCUT2D eigenvalue weighted by Crippen LogP contribution is -2.49. The maximum absolute atomic E-state index is 14.0. The Balaban J connectivity index is 1.48. The molecule has 1 fully saturated rings. The van der Waals surface area contributed by atoms with E-state index in [1.807, 2.05) is 29.0 Å². The first-order chi connectivity index (χ1) is 18.0. The monoisotopic (exact) mass is 498 g/mol. The van der Waals surface area contributed by atoms with Gasteiger partial charge in [-0.05, 0) is 66.2 Å². The van der Waals surface area contributed by atoms with Crippen molar-refractivity contribution in [2.24, 2.45) is 0 Å². The maximum Gasteiger partial charge on any atom is 0.293 e. The maximum atomic E-state index is 14.0. The third-order valence-electron chi connectivity index (χ3n) is 6.86. The second kappa shape index (κ2) is 9.22. The number of anilines is 1. The summed E-state index contributed by atoms with van der Waals surface area (Å²) in [4.78, 5) is 10.3. The lowest BCUT2D eigenvalue weighted by atomic mass is 9.92. The van der Waals surface area contributed by atoms with Crippen LogP contribution >= 0.6 is 0 Å². The molecule has 0 spiro atoms. The summed E-state index contributed by atoms with van der Waals surface area (Å²) in [5.74, 6) is 0.135. The predicted molar refractivity (Wildman–Crippen MR) is 140 cm³/mol. The average Bonchev–Trinajstić information content (AvgIpc) is 3.17. The summed E-state index contributed by atoms with van der Waals surface area (Å²) in [7, 11) is 2.10. The molecule has 3 aromatic carbocycles. The first kappa shape index (κ1) is 23.0. The Labute approximate surface area is 213 Å². The van der Waals surface area contributed by atoms with Gasteiger partial charge in [0, 0.05) is 43.4 Å². The van der Waals surface area contributed by atoms with Crippen LogP contribution in [0.3, 0.4) is 0 Å². The van der Waals surface area contributed by atoms with Crippen LogP contribution in [0.2, 0.25) is 0 Å². The summed E-state index contributed by atoms with van der Waals surface area (Å²) in [5, 5.41) is 2.19. The van der Waals surface area contributed by atoms with Crippen LogP contribution in [0.1, 0.15) is 22.3 Å².